The Hall–Kier alpha value is -7.56. The normalized spacial score (nSPS) is 15.2. The first kappa shape index (κ1) is 41.0. The van der Waals surface area contributed by atoms with Crippen molar-refractivity contribution in [1.82, 2.24) is 0 Å². The van der Waals surface area contributed by atoms with E-state index < -0.39 is 6.04 Å². The molecule has 3 aliphatic rings. The van der Waals surface area contributed by atoms with Gasteiger partial charge in [-0.05, 0) is 162 Å². The molecule has 360 valence electrons. The molecule has 4 heteroatoms. The van der Waals surface area contributed by atoms with Gasteiger partial charge < -0.3 is 14.7 Å². The molecule has 0 saturated carbocycles. The van der Waals surface area contributed by atoms with Crippen LogP contribution in [-0.2, 0) is 21.7 Å². The second kappa shape index (κ2) is 16.8. The van der Waals surface area contributed by atoms with Gasteiger partial charge in [-0.15, -0.1) is 0 Å². The van der Waals surface area contributed by atoms with Crippen molar-refractivity contribution in [2.75, 3.05) is 14.7 Å². The highest BCUT2D eigenvalue weighted by Gasteiger charge is 2.45. The molecule has 0 aromatic heterocycles. The SMILES string of the molecule is [2H]c1c([2H])c([2H])c(N(c2ccc(-c3ccccc3)cc2)c2ccc3c(c2)N(c2ccc4c(c2)C(C)(C)c2ccccc2-4)c2cc(C(C)(C)C)cc4c2B3c2cc(C(C)(C)C)ccc2N4c2ccc(C(C)(C)C)cc2)c([2H])c1[2H]. The predicted molar refractivity (Wildman–Crippen MR) is 314 cm³/mol. The molecule has 2 aliphatic heterocycles. The van der Waals surface area contributed by atoms with Gasteiger partial charge in [0.1, 0.15) is 0 Å². The molecule has 0 bridgehead atoms. The molecular formula is C69H66BN3. The maximum atomic E-state index is 9.49. The van der Waals surface area contributed by atoms with Crippen LogP contribution >= 0.6 is 0 Å². The maximum absolute atomic E-state index is 9.49. The van der Waals surface area contributed by atoms with E-state index in [2.05, 4.69) is 213 Å². The van der Waals surface area contributed by atoms with E-state index in [1.54, 1.807) is 0 Å². The number of hydrogen-bond donors (Lipinski definition) is 0. The summed E-state index contributed by atoms with van der Waals surface area (Å²) in [6.07, 6.45) is 0. The van der Waals surface area contributed by atoms with Gasteiger partial charge in [0.05, 0.1) is 6.85 Å². The van der Waals surface area contributed by atoms with Crippen molar-refractivity contribution in [3.63, 3.8) is 0 Å². The minimum Gasteiger partial charge on any atom is -0.311 e. The third-order valence-electron chi connectivity index (χ3n) is 15.8. The lowest BCUT2D eigenvalue weighted by Gasteiger charge is -2.46. The smallest absolute Gasteiger partial charge is 0.252 e. The van der Waals surface area contributed by atoms with Gasteiger partial charge in [-0.3, -0.25) is 0 Å². The molecule has 12 rings (SSSR count). The minimum absolute atomic E-state index is 0.0189. The predicted octanol–water partition coefficient (Wildman–Crippen LogP) is 17.1. The highest BCUT2D eigenvalue weighted by atomic mass is 15.2. The molecule has 0 radical (unpaired) electrons. The first-order valence-corrected chi connectivity index (χ1v) is 25.9. The van der Waals surface area contributed by atoms with Gasteiger partial charge in [0, 0.05) is 56.6 Å². The average molecular weight is 953 g/mol. The maximum Gasteiger partial charge on any atom is 0.252 e. The van der Waals surface area contributed by atoms with E-state index in [9.17, 15) is 2.74 Å². The Balaban J connectivity index is 1.18. The van der Waals surface area contributed by atoms with Gasteiger partial charge in [-0.1, -0.05) is 197 Å². The van der Waals surface area contributed by atoms with Crippen LogP contribution in [0, 0.1) is 0 Å². The molecule has 0 N–H and O–H groups in total. The number of fused-ring (bicyclic) bond motifs is 7. The molecular weight excluding hydrogens is 882 g/mol. The molecule has 2 heterocycles. The zero-order valence-corrected chi connectivity index (χ0v) is 44.1. The summed E-state index contributed by atoms with van der Waals surface area (Å²) in [4.78, 5) is 6.82. The fourth-order valence-electron chi connectivity index (χ4n) is 11.7. The third kappa shape index (κ3) is 7.72. The van der Waals surface area contributed by atoms with Gasteiger partial charge in [-0.25, -0.2) is 0 Å². The summed E-state index contributed by atoms with van der Waals surface area (Å²) in [5.74, 6) is 0. The number of hydrogen-bond acceptors (Lipinski definition) is 3. The molecule has 0 fully saturated rings. The van der Waals surface area contributed by atoms with E-state index in [1.165, 1.54) is 49.9 Å². The quantitative estimate of drug-likeness (QED) is 0.154. The van der Waals surface area contributed by atoms with Crippen LogP contribution in [0.25, 0.3) is 22.3 Å². The zero-order chi connectivity index (χ0) is 55.1. The Morgan fingerprint density at radius 1 is 0.425 bits per heavy atom. The van der Waals surface area contributed by atoms with Crippen molar-refractivity contribution in [3.05, 3.63) is 228 Å². The summed E-state index contributed by atoms with van der Waals surface area (Å²) in [6, 6.07) is 59.8. The van der Waals surface area contributed by atoms with Crippen LogP contribution < -0.4 is 31.1 Å². The number of benzene rings is 9. The van der Waals surface area contributed by atoms with Crippen molar-refractivity contribution < 1.29 is 6.85 Å². The van der Waals surface area contributed by atoms with Crippen LogP contribution in [-0.4, -0.2) is 6.71 Å². The second-order valence-corrected chi connectivity index (χ2v) is 24.0. The van der Waals surface area contributed by atoms with Crippen LogP contribution in [0.15, 0.2) is 200 Å². The Morgan fingerprint density at radius 3 is 1.67 bits per heavy atom. The van der Waals surface area contributed by atoms with E-state index in [0.29, 0.717) is 11.4 Å². The molecule has 0 atom stereocenters. The molecule has 3 nitrogen and oxygen atoms in total. The summed E-state index contributed by atoms with van der Waals surface area (Å²) in [6.45, 7) is 25.0. The Labute approximate surface area is 441 Å². The number of para-hydroxylation sites is 1. The topological polar surface area (TPSA) is 9.72 Å². The largest absolute Gasteiger partial charge is 0.311 e. The first-order chi connectivity index (χ1) is 36.9. The van der Waals surface area contributed by atoms with Gasteiger partial charge in [-0.2, -0.15) is 0 Å². The van der Waals surface area contributed by atoms with Gasteiger partial charge in [0.2, 0.25) is 0 Å². The van der Waals surface area contributed by atoms with E-state index in [-0.39, 0.29) is 58.2 Å². The van der Waals surface area contributed by atoms with Crippen LogP contribution in [0.4, 0.5) is 51.2 Å². The molecule has 0 unspecified atom stereocenters. The number of anilines is 9. The lowest BCUT2D eigenvalue weighted by molar-refractivity contribution is 0.589. The number of rotatable bonds is 6. The lowest BCUT2D eigenvalue weighted by atomic mass is 9.33. The zero-order valence-electron chi connectivity index (χ0n) is 49.1. The monoisotopic (exact) mass is 953 g/mol. The summed E-state index contributed by atoms with van der Waals surface area (Å²) >= 11 is 0. The summed E-state index contributed by atoms with van der Waals surface area (Å²) in [5, 5.41) is 0. The van der Waals surface area contributed by atoms with Crippen LogP contribution in [0.1, 0.15) is 111 Å². The Bertz CT molecular complexity index is 3870. The summed E-state index contributed by atoms with van der Waals surface area (Å²) < 4.78 is 45.6. The molecule has 73 heavy (non-hydrogen) atoms. The van der Waals surface area contributed by atoms with E-state index in [1.807, 2.05) is 47.4 Å². The molecule has 0 amide bonds. The summed E-state index contributed by atoms with van der Waals surface area (Å²) in [7, 11) is 0. The molecule has 0 spiro atoms. The Kier molecular flexibility index (Phi) is 9.40. The fraction of sp³-hybridized carbons (Fsp3) is 0.217. The number of nitrogens with zero attached hydrogens (tertiary/aromatic N) is 3. The van der Waals surface area contributed by atoms with E-state index >= 15 is 0 Å². The molecule has 9 aromatic rings. The van der Waals surface area contributed by atoms with Crippen molar-refractivity contribution in [3.8, 4) is 22.3 Å². The fourth-order valence-corrected chi connectivity index (χ4v) is 11.7. The van der Waals surface area contributed by atoms with Crippen molar-refractivity contribution in [1.29, 1.82) is 0 Å². The van der Waals surface area contributed by atoms with Crippen LogP contribution in [0.2, 0.25) is 0 Å². The standard InChI is InChI=1S/C69H66BN3/c1-66(2,3)47-28-33-52(34-29-47)72-61-39-30-48(67(4,5)6)40-60(61)70-59-38-36-54(71(50-22-16-13-17-23-50)51-31-26-46(27-32-51)45-20-14-12-15-21-45)44-62(59)73(64-42-49(68(7,8)9)41-63(72)65(64)70)53-35-37-56-55-24-18-19-25-57(55)69(10,11)58(56)43-53/h12-44H,1-11H3/i13D,16D,17D,22D,23D. The van der Waals surface area contributed by atoms with Gasteiger partial charge >= 0.3 is 0 Å². The van der Waals surface area contributed by atoms with E-state index in [4.69, 9.17) is 4.11 Å². The minimum atomic E-state index is -0.432. The highest BCUT2D eigenvalue weighted by molar-refractivity contribution is 7.00. The molecule has 9 aromatic carbocycles. The lowest BCUT2D eigenvalue weighted by Crippen LogP contribution is -2.61. The van der Waals surface area contributed by atoms with Crippen LogP contribution in [0.3, 0.4) is 0 Å². The van der Waals surface area contributed by atoms with Gasteiger partial charge in [0.15, 0.2) is 0 Å². The molecule has 0 saturated heterocycles. The average Bonchev–Trinajstić information content (AvgIpc) is 3.33. The van der Waals surface area contributed by atoms with E-state index in [0.717, 1.165) is 50.7 Å². The highest BCUT2D eigenvalue weighted by Crippen LogP contribution is 2.53. The second-order valence-electron chi connectivity index (χ2n) is 24.0. The Morgan fingerprint density at radius 2 is 1.00 bits per heavy atom. The first-order valence-electron chi connectivity index (χ1n) is 28.4. The van der Waals surface area contributed by atoms with Crippen LogP contribution in [0.5, 0.6) is 0 Å². The van der Waals surface area contributed by atoms with Crippen molar-refractivity contribution in [2.45, 2.75) is 97.8 Å². The third-order valence-corrected chi connectivity index (χ3v) is 15.8. The summed E-state index contributed by atoms with van der Waals surface area (Å²) in [5.41, 5.74) is 21.4. The van der Waals surface area contributed by atoms with Crippen molar-refractivity contribution in [2.24, 2.45) is 0 Å². The molecule has 1 aliphatic carbocycles. The van der Waals surface area contributed by atoms with Crippen molar-refractivity contribution >= 4 is 74.3 Å². The van der Waals surface area contributed by atoms with Gasteiger partial charge in [0.25, 0.3) is 6.71 Å².